The summed E-state index contributed by atoms with van der Waals surface area (Å²) in [4.78, 5) is 58.2. The van der Waals surface area contributed by atoms with Gasteiger partial charge in [0.05, 0.1) is 18.3 Å². The number of amides is 2. The number of pyridine rings is 2. The van der Waals surface area contributed by atoms with E-state index < -0.39 is 0 Å². The van der Waals surface area contributed by atoms with Gasteiger partial charge in [0.1, 0.15) is 11.5 Å². The molecule has 0 aliphatic carbocycles. The lowest BCUT2D eigenvalue weighted by atomic mass is 9.99. The smallest absolute Gasteiger partial charge is 0.273 e. The standard InChI is InChI=1S/C24H24N6O3/c31-22-17-9-14-29(23(32)16-7-11-25-12-8-16)15-19(17)27-21(28-22)20-6-2-4-13-30(20)24(33)18-5-1-3-10-26-18/h1,3,5,7-8,10-12,20H,2,4,6,9,13-15H2,(H,27,28,31). The van der Waals surface area contributed by atoms with E-state index in [2.05, 4.69) is 15.0 Å². The summed E-state index contributed by atoms with van der Waals surface area (Å²) in [6, 6.07) is 8.27. The number of hydrogen-bond donors (Lipinski definition) is 1. The average Bonchev–Trinajstić information content (AvgIpc) is 2.88. The van der Waals surface area contributed by atoms with Crippen molar-refractivity contribution in [3.05, 3.63) is 87.6 Å². The molecule has 5 rings (SSSR count). The Morgan fingerprint density at radius 1 is 1.00 bits per heavy atom. The SMILES string of the molecule is O=C(c1ccncc1)N1CCc2c(nc(C3CCCCN3C(=O)c3ccccn3)[nH]c2=O)C1. The van der Waals surface area contributed by atoms with Crippen LogP contribution in [0.25, 0.3) is 0 Å². The second-order valence-corrected chi connectivity index (χ2v) is 8.31. The lowest BCUT2D eigenvalue weighted by Crippen LogP contribution is -2.42. The van der Waals surface area contributed by atoms with Gasteiger partial charge in [-0.25, -0.2) is 4.98 Å². The predicted octanol–water partition coefficient (Wildman–Crippen LogP) is 2.13. The van der Waals surface area contributed by atoms with Crippen molar-refractivity contribution in [2.75, 3.05) is 13.1 Å². The van der Waals surface area contributed by atoms with Crippen LogP contribution in [0, 0.1) is 0 Å². The normalized spacial score (nSPS) is 18.0. The minimum Gasteiger partial charge on any atom is -0.332 e. The van der Waals surface area contributed by atoms with Crippen LogP contribution < -0.4 is 5.56 Å². The third-order valence-electron chi connectivity index (χ3n) is 6.27. The Kier molecular flexibility index (Phi) is 5.68. The molecule has 1 fully saturated rings. The highest BCUT2D eigenvalue weighted by Gasteiger charge is 2.33. The molecule has 1 unspecified atom stereocenters. The molecule has 9 nitrogen and oxygen atoms in total. The Hall–Kier alpha value is -3.88. The van der Waals surface area contributed by atoms with Gasteiger partial charge in [0.25, 0.3) is 17.4 Å². The number of nitrogens with one attached hydrogen (secondary N) is 1. The second kappa shape index (κ2) is 8.93. The minimum absolute atomic E-state index is 0.115. The van der Waals surface area contributed by atoms with E-state index in [4.69, 9.17) is 4.98 Å². The lowest BCUT2D eigenvalue weighted by Gasteiger charge is -2.35. The molecule has 168 valence electrons. The summed E-state index contributed by atoms with van der Waals surface area (Å²) in [5, 5.41) is 0. The lowest BCUT2D eigenvalue weighted by molar-refractivity contribution is 0.0592. The van der Waals surface area contributed by atoms with Gasteiger partial charge < -0.3 is 14.8 Å². The number of nitrogens with zero attached hydrogens (tertiary/aromatic N) is 5. The first kappa shape index (κ1) is 21.0. The van der Waals surface area contributed by atoms with E-state index in [-0.39, 0.29) is 30.0 Å². The molecule has 0 spiro atoms. The molecule has 2 aliphatic rings. The highest BCUT2D eigenvalue weighted by Crippen LogP contribution is 2.30. The quantitative estimate of drug-likeness (QED) is 0.662. The highest BCUT2D eigenvalue weighted by molar-refractivity contribution is 5.94. The molecule has 3 aromatic rings. The largest absolute Gasteiger partial charge is 0.332 e. The number of aromatic nitrogens is 4. The van der Waals surface area contributed by atoms with Crippen molar-refractivity contribution in [3.8, 4) is 0 Å². The van der Waals surface area contributed by atoms with Crippen LogP contribution in [0.15, 0.2) is 53.7 Å². The van der Waals surface area contributed by atoms with Crippen LogP contribution in [0.4, 0.5) is 0 Å². The van der Waals surface area contributed by atoms with Crippen LogP contribution in [0.1, 0.15) is 63.2 Å². The summed E-state index contributed by atoms with van der Waals surface area (Å²) in [5.41, 5.74) is 1.94. The molecule has 1 atom stereocenters. The van der Waals surface area contributed by atoms with Crippen LogP contribution in [-0.4, -0.2) is 54.6 Å². The number of H-pyrrole nitrogens is 1. The zero-order valence-corrected chi connectivity index (χ0v) is 18.1. The van der Waals surface area contributed by atoms with E-state index in [1.165, 1.54) is 0 Å². The Balaban J connectivity index is 1.44. The summed E-state index contributed by atoms with van der Waals surface area (Å²) in [5.74, 6) is 0.187. The summed E-state index contributed by atoms with van der Waals surface area (Å²) >= 11 is 0. The monoisotopic (exact) mass is 444 g/mol. The zero-order chi connectivity index (χ0) is 22.8. The summed E-state index contributed by atoms with van der Waals surface area (Å²) in [7, 11) is 0. The number of likely N-dealkylation sites (tertiary alicyclic amines) is 1. The van der Waals surface area contributed by atoms with E-state index in [1.807, 2.05) is 0 Å². The topological polar surface area (TPSA) is 112 Å². The number of fused-ring (bicyclic) bond motifs is 1. The van der Waals surface area contributed by atoms with Crippen molar-refractivity contribution in [2.45, 2.75) is 38.3 Å². The first-order valence-electron chi connectivity index (χ1n) is 11.1. The number of carbonyl (C=O) groups excluding carboxylic acids is 2. The van der Waals surface area contributed by atoms with Gasteiger partial charge in [-0.1, -0.05) is 6.07 Å². The zero-order valence-electron chi connectivity index (χ0n) is 18.1. The molecular weight excluding hydrogens is 420 g/mol. The van der Waals surface area contributed by atoms with E-state index in [0.29, 0.717) is 54.3 Å². The molecule has 9 heteroatoms. The Morgan fingerprint density at radius 2 is 1.85 bits per heavy atom. The Labute approximate surface area is 190 Å². The molecule has 0 saturated carbocycles. The van der Waals surface area contributed by atoms with Crippen LogP contribution in [0.2, 0.25) is 0 Å². The fourth-order valence-corrected chi connectivity index (χ4v) is 4.56. The van der Waals surface area contributed by atoms with Gasteiger partial charge in [-0.2, -0.15) is 0 Å². The number of hydrogen-bond acceptors (Lipinski definition) is 6. The molecule has 5 heterocycles. The predicted molar refractivity (Wildman–Crippen MR) is 119 cm³/mol. The Morgan fingerprint density at radius 3 is 2.64 bits per heavy atom. The molecule has 0 bridgehead atoms. The number of carbonyl (C=O) groups is 2. The highest BCUT2D eigenvalue weighted by atomic mass is 16.2. The van der Waals surface area contributed by atoms with Crippen LogP contribution in [-0.2, 0) is 13.0 Å². The van der Waals surface area contributed by atoms with Gasteiger partial charge in [0.2, 0.25) is 0 Å². The Bertz CT molecular complexity index is 1230. The molecule has 2 aliphatic heterocycles. The summed E-state index contributed by atoms with van der Waals surface area (Å²) in [6.07, 6.45) is 7.74. The molecule has 0 radical (unpaired) electrons. The van der Waals surface area contributed by atoms with Crippen molar-refractivity contribution < 1.29 is 9.59 Å². The van der Waals surface area contributed by atoms with Crippen LogP contribution >= 0.6 is 0 Å². The summed E-state index contributed by atoms with van der Waals surface area (Å²) in [6.45, 7) is 1.29. The first-order valence-corrected chi connectivity index (χ1v) is 11.1. The molecule has 1 N–H and O–H groups in total. The first-order chi connectivity index (χ1) is 16.1. The van der Waals surface area contributed by atoms with Gasteiger partial charge in [-0.15, -0.1) is 0 Å². The van der Waals surface area contributed by atoms with Crippen molar-refractivity contribution >= 4 is 11.8 Å². The van der Waals surface area contributed by atoms with E-state index in [1.54, 1.807) is 58.7 Å². The maximum atomic E-state index is 13.1. The van der Waals surface area contributed by atoms with E-state index >= 15 is 0 Å². The maximum absolute atomic E-state index is 13.1. The molecule has 2 amide bonds. The number of aromatic amines is 1. The van der Waals surface area contributed by atoms with Gasteiger partial charge in [0.15, 0.2) is 0 Å². The molecule has 3 aromatic heterocycles. The van der Waals surface area contributed by atoms with E-state index in [9.17, 15) is 14.4 Å². The average molecular weight is 444 g/mol. The number of piperidine rings is 1. The van der Waals surface area contributed by atoms with Gasteiger partial charge in [-0.3, -0.25) is 24.4 Å². The molecule has 0 aromatic carbocycles. The molecule has 33 heavy (non-hydrogen) atoms. The number of rotatable bonds is 3. The third kappa shape index (κ3) is 4.13. The van der Waals surface area contributed by atoms with Gasteiger partial charge in [0, 0.05) is 42.8 Å². The maximum Gasteiger partial charge on any atom is 0.273 e. The molecular formula is C24H24N6O3. The molecule has 1 saturated heterocycles. The van der Waals surface area contributed by atoms with Gasteiger partial charge in [-0.05, 0) is 49.9 Å². The van der Waals surface area contributed by atoms with Crippen LogP contribution in [0.3, 0.4) is 0 Å². The fourth-order valence-electron chi connectivity index (χ4n) is 4.56. The third-order valence-corrected chi connectivity index (χ3v) is 6.27. The van der Waals surface area contributed by atoms with Gasteiger partial charge >= 0.3 is 0 Å². The second-order valence-electron chi connectivity index (χ2n) is 8.31. The minimum atomic E-state index is -0.336. The summed E-state index contributed by atoms with van der Waals surface area (Å²) < 4.78 is 0. The fraction of sp³-hybridized carbons (Fsp3) is 0.333. The van der Waals surface area contributed by atoms with Crippen molar-refractivity contribution in [3.63, 3.8) is 0 Å². The van der Waals surface area contributed by atoms with Crippen molar-refractivity contribution in [1.29, 1.82) is 0 Å². The van der Waals surface area contributed by atoms with Crippen molar-refractivity contribution in [2.24, 2.45) is 0 Å². The van der Waals surface area contributed by atoms with Crippen molar-refractivity contribution in [1.82, 2.24) is 29.7 Å². The van der Waals surface area contributed by atoms with E-state index in [0.717, 1.165) is 12.8 Å². The van der Waals surface area contributed by atoms with Crippen LogP contribution in [0.5, 0.6) is 0 Å².